The van der Waals surface area contributed by atoms with E-state index in [4.69, 9.17) is 4.98 Å². The third-order valence-corrected chi connectivity index (χ3v) is 7.13. The zero-order chi connectivity index (χ0) is 21.7. The van der Waals surface area contributed by atoms with Crippen LogP contribution in [0.15, 0.2) is 36.5 Å². The van der Waals surface area contributed by atoms with Crippen LogP contribution in [-0.2, 0) is 19.3 Å². The Morgan fingerprint density at radius 3 is 2.10 bits per heavy atom. The van der Waals surface area contributed by atoms with E-state index >= 15 is 0 Å². The Labute approximate surface area is 192 Å². The van der Waals surface area contributed by atoms with Crippen molar-refractivity contribution in [2.45, 2.75) is 117 Å². The third-order valence-electron chi connectivity index (χ3n) is 7.13. The predicted molar refractivity (Wildman–Crippen MR) is 136 cm³/mol. The normalized spacial score (nSPS) is 15.4. The van der Waals surface area contributed by atoms with E-state index in [1.807, 2.05) is 0 Å². The van der Waals surface area contributed by atoms with Gasteiger partial charge in [-0.3, -0.25) is 4.98 Å². The summed E-state index contributed by atoms with van der Waals surface area (Å²) in [6.07, 6.45) is 23.8. The van der Waals surface area contributed by atoms with Crippen LogP contribution in [0.3, 0.4) is 0 Å². The molecule has 1 nitrogen and oxygen atoms in total. The first-order valence-corrected chi connectivity index (χ1v) is 13.4. The maximum absolute atomic E-state index is 4.81. The number of benzene rings is 1. The van der Waals surface area contributed by atoms with Gasteiger partial charge in [-0.15, -0.1) is 0 Å². The van der Waals surface area contributed by atoms with Gasteiger partial charge in [-0.2, -0.15) is 0 Å². The first-order valence-electron chi connectivity index (χ1n) is 13.4. The van der Waals surface area contributed by atoms with Gasteiger partial charge in [0.2, 0.25) is 0 Å². The number of nitrogens with zero attached hydrogens (tertiary/aromatic N) is 1. The van der Waals surface area contributed by atoms with Crippen LogP contribution in [0.1, 0.15) is 114 Å². The summed E-state index contributed by atoms with van der Waals surface area (Å²) in [5.74, 6) is 0.865. The number of pyridine rings is 1. The molecule has 1 heteroatoms. The quantitative estimate of drug-likeness (QED) is 0.262. The lowest BCUT2D eigenvalue weighted by molar-refractivity contribution is 0.475. The summed E-state index contributed by atoms with van der Waals surface area (Å²) in [7, 11) is 0. The molecule has 0 aliphatic heterocycles. The molecule has 0 saturated heterocycles. The zero-order valence-electron chi connectivity index (χ0n) is 20.3. The van der Waals surface area contributed by atoms with Gasteiger partial charge >= 0.3 is 0 Å². The number of aryl methyl sites for hydroxylation is 1. The van der Waals surface area contributed by atoms with Crippen LogP contribution in [-0.4, -0.2) is 4.98 Å². The molecule has 0 amide bonds. The van der Waals surface area contributed by atoms with E-state index in [-0.39, 0.29) is 0 Å². The smallest absolute Gasteiger partial charge is 0.0702 e. The van der Waals surface area contributed by atoms with Gasteiger partial charge in [-0.1, -0.05) is 103 Å². The Hall–Kier alpha value is -1.63. The number of fused-ring (bicyclic) bond motifs is 1. The third kappa shape index (κ3) is 8.09. The van der Waals surface area contributed by atoms with E-state index in [0.717, 1.165) is 11.6 Å². The first kappa shape index (κ1) is 24.0. The molecular formula is C30H45N. The highest BCUT2D eigenvalue weighted by molar-refractivity contribution is 5.61. The van der Waals surface area contributed by atoms with Crippen LogP contribution in [0, 0.1) is 5.92 Å². The molecule has 0 saturated carbocycles. The topological polar surface area (TPSA) is 12.9 Å². The lowest BCUT2D eigenvalue weighted by Gasteiger charge is -2.07. The standard InChI is InChI=1S/C30H45N/c1-3-5-7-9-10-11-12-14-15-25-17-20-30(31-24-25)28-19-18-27-21-26(22-29(27)23-28)16-13-8-6-4-2/h17-20,23-24,26H,3-16,21-22H2,1-2H3. The largest absolute Gasteiger partial charge is 0.256 e. The fourth-order valence-electron chi connectivity index (χ4n) is 5.14. The Balaban J connectivity index is 1.41. The van der Waals surface area contributed by atoms with Crippen molar-refractivity contribution in [3.8, 4) is 11.3 Å². The molecule has 1 aromatic heterocycles. The lowest BCUT2D eigenvalue weighted by atomic mass is 9.98. The van der Waals surface area contributed by atoms with Gasteiger partial charge in [0.15, 0.2) is 0 Å². The summed E-state index contributed by atoms with van der Waals surface area (Å²) in [5, 5.41) is 0. The molecule has 31 heavy (non-hydrogen) atoms. The van der Waals surface area contributed by atoms with Crippen molar-refractivity contribution in [2.75, 3.05) is 0 Å². The minimum Gasteiger partial charge on any atom is -0.256 e. The Kier molecular flexibility index (Phi) is 10.6. The Morgan fingerprint density at radius 2 is 1.39 bits per heavy atom. The zero-order valence-corrected chi connectivity index (χ0v) is 20.3. The summed E-state index contributed by atoms with van der Waals surface area (Å²) in [4.78, 5) is 4.81. The van der Waals surface area contributed by atoms with E-state index < -0.39 is 0 Å². The van der Waals surface area contributed by atoms with E-state index in [1.54, 1.807) is 11.1 Å². The Bertz CT molecular complexity index is 746. The summed E-state index contributed by atoms with van der Waals surface area (Å²) < 4.78 is 0. The highest BCUT2D eigenvalue weighted by atomic mass is 14.7. The second kappa shape index (κ2) is 13.7. The number of unbranched alkanes of at least 4 members (excludes halogenated alkanes) is 10. The average molecular weight is 420 g/mol. The molecular weight excluding hydrogens is 374 g/mol. The molecule has 1 heterocycles. The lowest BCUT2D eigenvalue weighted by Crippen LogP contribution is -1.99. The first-order chi connectivity index (χ1) is 15.3. The molecule has 1 aromatic carbocycles. The predicted octanol–water partition coefficient (Wildman–Crippen LogP) is 9.12. The molecule has 0 spiro atoms. The minimum absolute atomic E-state index is 0.865. The van der Waals surface area contributed by atoms with Gasteiger partial charge < -0.3 is 0 Å². The van der Waals surface area contributed by atoms with Crippen LogP contribution >= 0.6 is 0 Å². The number of hydrogen-bond donors (Lipinski definition) is 0. The molecule has 0 bridgehead atoms. The summed E-state index contributed by atoms with van der Waals surface area (Å²) >= 11 is 0. The van der Waals surface area contributed by atoms with Gasteiger partial charge in [0.05, 0.1) is 5.69 Å². The van der Waals surface area contributed by atoms with Crippen molar-refractivity contribution in [1.82, 2.24) is 4.98 Å². The molecule has 0 fully saturated rings. The van der Waals surface area contributed by atoms with Crippen molar-refractivity contribution in [3.63, 3.8) is 0 Å². The van der Waals surface area contributed by atoms with Crippen molar-refractivity contribution < 1.29 is 0 Å². The summed E-state index contributed by atoms with van der Waals surface area (Å²) in [6.45, 7) is 4.58. The second-order valence-corrected chi connectivity index (χ2v) is 9.88. The van der Waals surface area contributed by atoms with Crippen molar-refractivity contribution in [2.24, 2.45) is 5.92 Å². The molecule has 1 unspecified atom stereocenters. The van der Waals surface area contributed by atoms with E-state index in [2.05, 4.69) is 50.4 Å². The van der Waals surface area contributed by atoms with Gasteiger partial charge in [-0.05, 0) is 66.8 Å². The Morgan fingerprint density at radius 1 is 0.710 bits per heavy atom. The van der Waals surface area contributed by atoms with Gasteiger partial charge in [0.1, 0.15) is 0 Å². The van der Waals surface area contributed by atoms with Crippen LogP contribution in [0.25, 0.3) is 11.3 Å². The SMILES string of the molecule is CCCCCCCCCCc1ccc(-c2ccc3c(c2)CC(CCCCCC)C3)nc1. The van der Waals surface area contributed by atoms with Gasteiger partial charge in [0, 0.05) is 11.8 Å². The molecule has 1 aliphatic carbocycles. The van der Waals surface area contributed by atoms with Crippen molar-refractivity contribution >= 4 is 0 Å². The maximum atomic E-state index is 4.81. The minimum atomic E-state index is 0.865. The molecule has 0 radical (unpaired) electrons. The van der Waals surface area contributed by atoms with E-state index in [1.165, 1.54) is 114 Å². The van der Waals surface area contributed by atoms with Gasteiger partial charge in [0.25, 0.3) is 0 Å². The number of aromatic nitrogens is 1. The summed E-state index contributed by atoms with van der Waals surface area (Å²) in [5.41, 5.74) is 6.97. The van der Waals surface area contributed by atoms with Crippen LogP contribution in [0.4, 0.5) is 0 Å². The van der Waals surface area contributed by atoms with Crippen molar-refractivity contribution in [1.29, 1.82) is 0 Å². The average Bonchev–Trinajstić information content (AvgIpc) is 3.21. The molecule has 0 N–H and O–H groups in total. The molecule has 1 aliphatic rings. The molecule has 170 valence electrons. The van der Waals surface area contributed by atoms with E-state index in [9.17, 15) is 0 Å². The van der Waals surface area contributed by atoms with E-state index in [0.29, 0.717) is 0 Å². The highest BCUT2D eigenvalue weighted by Crippen LogP contribution is 2.33. The fourth-order valence-corrected chi connectivity index (χ4v) is 5.14. The molecule has 1 atom stereocenters. The monoisotopic (exact) mass is 419 g/mol. The number of hydrogen-bond acceptors (Lipinski definition) is 1. The molecule has 2 aromatic rings. The molecule has 3 rings (SSSR count). The van der Waals surface area contributed by atoms with Crippen LogP contribution < -0.4 is 0 Å². The summed E-state index contributed by atoms with van der Waals surface area (Å²) in [6, 6.07) is 11.6. The second-order valence-electron chi connectivity index (χ2n) is 9.88. The van der Waals surface area contributed by atoms with Crippen LogP contribution in [0.5, 0.6) is 0 Å². The maximum Gasteiger partial charge on any atom is 0.0702 e. The number of rotatable bonds is 15. The van der Waals surface area contributed by atoms with Crippen LogP contribution in [0.2, 0.25) is 0 Å². The fraction of sp³-hybridized carbons (Fsp3) is 0.633. The highest BCUT2D eigenvalue weighted by Gasteiger charge is 2.21. The van der Waals surface area contributed by atoms with Gasteiger partial charge in [-0.25, -0.2) is 0 Å². The van der Waals surface area contributed by atoms with Crippen molar-refractivity contribution in [3.05, 3.63) is 53.2 Å².